The lowest BCUT2D eigenvalue weighted by Gasteiger charge is -2.39. The third kappa shape index (κ3) is 4.39. The lowest BCUT2D eigenvalue weighted by Crippen LogP contribution is -2.39. The Bertz CT molecular complexity index is 861. The summed E-state index contributed by atoms with van der Waals surface area (Å²) in [4.78, 5) is 12.9. The van der Waals surface area contributed by atoms with E-state index >= 15 is 0 Å². The Hall–Kier alpha value is -2.61. The van der Waals surface area contributed by atoms with Crippen LogP contribution in [0.5, 0.6) is 5.75 Å². The first-order valence-electron chi connectivity index (χ1n) is 9.68. The van der Waals surface area contributed by atoms with Gasteiger partial charge in [-0.1, -0.05) is 65.8 Å². The van der Waals surface area contributed by atoms with Crippen LogP contribution >= 0.6 is 0 Å². The first kappa shape index (κ1) is 19.2. The number of para-hydroxylation sites is 1. The summed E-state index contributed by atoms with van der Waals surface area (Å²) in [5, 5.41) is 0. The molecule has 0 aromatic heterocycles. The maximum atomic E-state index is 12.9. The molecule has 1 aliphatic rings. The van der Waals surface area contributed by atoms with E-state index in [0.29, 0.717) is 24.2 Å². The maximum Gasteiger partial charge on any atom is 0.170 e. The Morgan fingerprint density at radius 2 is 1.74 bits per heavy atom. The molecule has 0 saturated heterocycles. The Morgan fingerprint density at radius 3 is 2.48 bits per heavy atom. The van der Waals surface area contributed by atoms with Gasteiger partial charge in [0.05, 0.1) is 12.0 Å². The van der Waals surface area contributed by atoms with Gasteiger partial charge in [0.1, 0.15) is 11.4 Å². The van der Waals surface area contributed by atoms with E-state index < -0.39 is 5.60 Å². The summed E-state index contributed by atoms with van der Waals surface area (Å²) in [5.41, 5.74) is 3.77. The second kappa shape index (κ2) is 8.39. The second-order valence-electron chi connectivity index (χ2n) is 7.46. The summed E-state index contributed by atoms with van der Waals surface area (Å²) in [7, 11) is 0. The third-order valence-electron chi connectivity index (χ3n) is 5.33. The molecule has 0 spiro atoms. The fourth-order valence-corrected chi connectivity index (χ4v) is 3.70. The van der Waals surface area contributed by atoms with Gasteiger partial charge in [0, 0.05) is 6.42 Å². The fraction of sp³-hybridized carbons (Fsp3) is 0.320. The van der Waals surface area contributed by atoms with Crippen molar-refractivity contribution in [3.05, 3.63) is 89.0 Å². The predicted octanol–water partition coefficient (Wildman–Crippen LogP) is 6.63. The monoisotopic (exact) mass is 360 g/mol. The van der Waals surface area contributed by atoms with Crippen LogP contribution in [0.2, 0.25) is 0 Å². The van der Waals surface area contributed by atoms with Crippen LogP contribution in [0, 0.1) is 0 Å². The highest BCUT2D eigenvalue weighted by Crippen LogP contribution is 2.43. The molecular weight excluding hydrogens is 332 g/mol. The maximum absolute atomic E-state index is 12.9. The lowest BCUT2D eigenvalue weighted by molar-refractivity contribution is 0.0380. The summed E-state index contributed by atoms with van der Waals surface area (Å²) in [5.74, 6) is 0.841. The van der Waals surface area contributed by atoms with Crippen molar-refractivity contribution in [2.45, 2.75) is 52.1 Å². The molecule has 1 heterocycles. The van der Waals surface area contributed by atoms with Crippen molar-refractivity contribution in [1.82, 2.24) is 0 Å². The minimum absolute atomic E-state index is 0.151. The molecule has 2 nitrogen and oxygen atoms in total. The van der Waals surface area contributed by atoms with Gasteiger partial charge >= 0.3 is 0 Å². The van der Waals surface area contributed by atoms with Crippen LogP contribution in [-0.4, -0.2) is 5.78 Å². The summed E-state index contributed by atoms with van der Waals surface area (Å²) >= 11 is 0. The number of hydrogen-bond acceptors (Lipinski definition) is 2. The number of carbonyl (C=O) groups excluding carboxylic acids is 1. The standard InChI is InChI=1S/C25H28O2/c1-4-19(2)11-10-12-20(3)17-25(21-13-6-5-7-14-21)18-23(26)22-15-8-9-16-24(22)27-25/h4-9,12-16H,10-11,17-18H2,1-3H3/b19-4+,20-12?. The van der Waals surface area contributed by atoms with Crippen molar-refractivity contribution < 1.29 is 9.53 Å². The molecule has 0 bridgehead atoms. The highest BCUT2D eigenvalue weighted by Gasteiger charge is 2.42. The largest absolute Gasteiger partial charge is 0.481 e. The van der Waals surface area contributed by atoms with Gasteiger partial charge in [-0.15, -0.1) is 0 Å². The van der Waals surface area contributed by atoms with Crippen LogP contribution in [0.1, 0.15) is 62.4 Å². The van der Waals surface area contributed by atoms with Crippen LogP contribution in [0.15, 0.2) is 77.9 Å². The number of ether oxygens (including phenoxy) is 1. The molecule has 1 atom stereocenters. The van der Waals surface area contributed by atoms with Gasteiger partial charge in [-0.2, -0.15) is 0 Å². The van der Waals surface area contributed by atoms with Crippen molar-refractivity contribution >= 4 is 5.78 Å². The Balaban J connectivity index is 1.91. The van der Waals surface area contributed by atoms with Crippen molar-refractivity contribution in [3.8, 4) is 5.75 Å². The Labute approximate surface area is 162 Å². The van der Waals surface area contributed by atoms with E-state index in [2.05, 4.69) is 45.1 Å². The summed E-state index contributed by atoms with van der Waals surface area (Å²) < 4.78 is 6.52. The molecule has 2 aromatic rings. The van der Waals surface area contributed by atoms with Gasteiger partial charge in [0.15, 0.2) is 5.78 Å². The molecule has 140 valence electrons. The zero-order valence-electron chi connectivity index (χ0n) is 16.5. The molecule has 1 aliphatic heterocycles. The summed E-state index contributed by atoms with van der Waals surface area (Å²) in [6.45, 7) is 6.38. The molecule has 27 heavy (non-hydrogen) atoms. The van der Waals surface area contributed by atoms with Gasteiger partial charge in [0.2, 0.25) is 0 Å². The average Bonchev–Trinajstić information content (AvgIpc) is 2.68. The van der Waals surface area contributed by atoms with Crippen LogP contribution in [0.3, 0.4) is 0 Å². The fourth-order valence-electron chi connectivity index (χ4n) is 3.70. The number of benzene rings is 2. The number of fused-ring (bicyclic) bond motifs is 1. The van der Waals surface area contributed by atoms with E-state index in [1.54, 1.807) is 0 Å². The third-order valence-corrected chi connectivity index (χ3v) is 5.33. The predicted molar refractivity (Wildman–Crippen MR) is 111 cm³/mol. The van der Waals surface area contributed by atoms with Crippen molar-refractivity contribution in [1.29, 1.82) is 0 Å². The van der Waals surface area contributed by atoms with Crippen molar-refractivity contribution in [3.63, 3.8) is 0 Å². The van der Waals surface area contributed by atoms with Crippen molar-refractivity contribution in [2.75, 3.05) is 0 Å². The molecule has 2 aromatic carbocycles. The number of carbonyl (C=O) groups is 1. The van der Waals surface area contributed by atoms with Gasteiger partial charge in [-0.3, -0.25) is 4.79 Å². The topological polar surface area (TPSA) is 26.3 Å². The van der Waals surface area contributed by atoms with E-state index in [9.17, 15) is 4.79 Å². The van der Waals surface area contributed by atoms with E-state index in [-0.39, 0.29) is 5.78 Å². The number of ketones is 1. The smallest absolute Gasteiger partial charge is 0.170 e. The average molecular weight is 360 g/mol. The zero-order chi connectivity index (χ0) is 19.3. The second-order valence-corrected chi connectivity index (χ2v) is 7.46. The normalized spacial score (nSPS) is 20.2. The van der Waals surface area contributed by atoms with Gasteiger partial charge in [-0.05, 0) is 51.3 Å². The minimum atomic E-state index is -0.636. The van der Waals surface area contributed by atoms with Crippen LogP contribution in [0.25, 0.3) is 0 Å². The molecule has 1 unspecified atom stereocenters. The molecule has 2 heteroatoms. The van der Waals surface area contributed by atoms with Crippen LogP contribution in [-0.2, 0) is 5.60 Å². The van der Waals surface area contributed by atoms with E-state index in [1.807, 2.05) is 42.5 Å². The SMILES string of the molecule is C/C=C(\C)CCC=C(C)CC1(c2ccccc2)CC(=O)c2ccccc2O1. The number of Topliss-reactive ketones (excluding diaryl/α,β-unsaturated/α-hetero) is 1. The lowest BCUT2D eigenvalue weighted by atomic mass is 9.79. The summed E-state index contributed by atoms with van der Waals surface area (Å²) in [6, 6.07) is 17.7. The molecule has 0 N–H and O–H groups in total. The molecule has 0 amide bonds. The van der Waals surface area contributed by atoms with Crippen LogP contribution in [0.4, 0.5) is 0 Å². The first-order valence-corrected chi connectivity index (χ1v) is 9.68. The molecule has 3 rings (SSSR count). The highest BCUT2D eigenvalue weighted by atomic mass is 16.5. The Morgan fingerprint density at radius 1 is 1.04 bits per heavy atom. The summed E-state index contributed by atoms with van der Waals surface area (Å²) in [6.07, 6.45) is 7.60. The van der Waals surface area contributed by atoms with Crippen molar-refractivity contribution in [2.24, 2.45) is 0 Å². The van der Waals surface area contributed by atoms with E-state index in [1.165, 1.54) is 11.1 Å². The van der Waals surface area contributed by atoms with Gasteiger partial charge < -0.3 is 4.74 Å². The number of hydrogen-bond donors (Lipinski definition) is 0. The van der Waals surface area contributed by atoms with E-state index in [4.69, 9.17) is 4.74 Å². The highest BCUT2D eigenvalue weighted by molar-refractivity contribution is 6.00. The molecule has 0 radical (unpaired) electrons. The molecular formula is C25H28O2. The number of allylic oxidation sites excluding steroid dienone is 3. The van der Waals surface area contributed by atoms with Gasteiger partial charge in [-0.25, -0.2) is 0 Å². The Kier molecular flexibility index (Phi) is 5.95. The van der Waals surface area contributed by atoms with Gasteiger partial charge in [0.25, 0.3) is 0 Å². The molecule has 0 fully saturated rings. The minimum Gasteiger partial charge on any atom is -0.481 e. The first-order chi connectivity index (χ1) is 13.0. The molecule has 0 saturated carbocycles. The zero-order valence-corrected chi connectivity index (χ0v) is 16.5. The quantitative estimate of drug-likeness (QED) is 0.540. The molecule has 0 aliphatic carbocycles. The van der Waals surface area contributed by atoms with E-state index in [0.717, 1.165) is 18.4 Å². The number of rotatable bonds is 6. The van der Waals surface area contributed by atoms with Crippen LogP contribution < -0.4 is 4.74 Å².